The van der Waals surface area contributed by atoms with Crippen molar-refractivity contribution in [2.75, 3.05) is 14.2 Å². The molecule has 0 saturated carbocycles. The van der Waals surface area contributed by atoms with Gasteiger partial charge in [-0.05, 0) is 38.7 Å². The molecule has 0 aromatic heterocycles. The lowest BCUT2D eigenvalue weighted by Crippen LogP contribution is -2.56. The quantitative estimate of drug-likeness (QED) is 0.190. The van der Waals surface area contributed by atoms with E-state index in [1.54, 1.807) is 6.92 Å². The fourth-order valence-electron chi connectivity index (χ4n) is 6.04. The van der Waals surface area contributed by atoms with Gasteiger partial charge in [0, 0.05) is 30.8 Å². The first kappa shape index (κ1) is 36.8. The lowest BCUT2D eigenvalue weighted by atomic mass is 9.64. The number of esters is 2. The Labute approximate surface area is 262 Å². The van der Waals surface area contributed by atoms with Crippen LogP contribution in [0.1, 0.15) is 51.7 Å². The van der Waals surface area contributed by atoms with Gasteiger partial charge in [-0.3, -0.25) is 4.79 Å². The molecule has 0 fully saturated rings. The number of hydrogen-bond donors (Lipinski definition) is 0. The topological polar surface area (TPSA) is 88.1 Å². The molecule has 5 atom stereocenters. The third kappa shape index (κ3) is 6.57. The van der Waals surface area contributed by atoms with Crippen molar-refractivity contribution < 1.29 is 59.7 Å². The number of carbonyl (C=O) groups is 3. The van der Waals surface area contributed by atoms with Crippen LogP contribution in [0.2, 0.25) is 0 Å². The minimum Gasteiger partial charge on any atom is -0.460 e. The molecule has 0 aliphatic heterocycles. The van der Waals surface area contributed by atoms with Crippen LogP contribution in [0.25, 0.3) is 0 Å². The van der Waals surface area contributed by atoms with Crippen LogP contribution >= 0.6 is 0 Å². The monoisotopic (exact) mass is 658 g/mol. The molecular formula is C33H36F6O7. The molecular weight excluding hydrogens is 622 g/mol. The highest BCUT2D eigenvalue weighted by Gasteiger charge is 2.66. The molecule has 2 aromatic carbocycles. The average Bonchev–Trinajstić information content (AvgIpc) is 2.96. The predicted octanol–water partition coefficient (Wildman–Crippen LogP) is 6.99. The summed E-state index contributed by atoms with van der Waals surface area (Å²) in [7, 11) is 1.46. The Balaban J connectivity index is 1.84. The molecule has 0 spiro atoms. The van der Waals surface area contributed by atoms with Crippen molar-refractivity contribution in [3.63, 3.8) is 0 Å². The van der Waals surface area contributed by atoms with E-state index in [0.29, 0.717) is 12.7 Å². The largest absolute Gasteiger partial charge is 0.460 e. The maximum atomic E-state index is 14.5. The summed E-state index contributed by atoms with van der Waals surface area (Å²) in [4.78, 5) is 39.5. The van der Waals surface area contributed by atoms with Gasteiger partial charge in [0.25, 0.3) is 11.2 Å². The van der Waals surface area contributed by atoms with Crippen LogP contribution in [0, 0.1) is 11.3 Å². The molecule has 252 valence electrons. The van der Waals surface area contributed by atoms with Gasteiger partial charge < -0.3 is 18.9 Å². The number of rotatable bonds is 11. The maximum absolute atomic E-state index is 14.5. The summed E-state index contributed by atoms with van der Waals surface area (Å²) in [6.45, 7) is 6.04. The number of methoxy groups -OCH3 is 2. The highest BCUT2D eigenvalue weighted by Crippen LogP contribution is 2.48. The van der Waals surface area contributed by atoms with Gasteiger partial charge in [-0.25, -0.2) is 9.59 Å². The molecule has 0 saturated heterocycles. The number of ether oxygens (including phenoxy) is 4. The first-order valence-corrected chi connectivity index (χ1v) is 14.3. The lowest BCUT2D eigenvalue weighted by molar-refractivity contribution is -0.280. The highest BCUT2D eigenvalue weighted by atomic mass is 19.4. The van der Waals surface area contributed by atoms with Crippen molar-refractivity contribution in [3.8, 4) is 0 Å². The van der Waals surface area contributed by atoms with Crippen LogP contribution < -0.4 is 0 Å². The van der Waals surface area contributed by atoms with Crippen LogP contribution in [-0.4, -0.2) is 56.5 Å². The Morgan fingerprint density at radius 3 is 1.65 bits per heavy atom. The van der Waals surface area contributed by atoms with Crippen LogP contribution in [-0.2, 0) is 44.5 Å². The Morgan fingerprint density at radius 1 is 0.804 bits per heavy atom. The average molecular weight is 659 g/mol. The number of carbonyl (C=O) groups excluding carboxylic acids is 3. The molecule has 7 nitrogen and oxygen atoms in total. The summed E-state index contributed by atoms with van der Waals surface area (Å²) >= 11 is 0. The van der Waals surface area contributed by atoms with Crippen LogP contribution in [0.4, 0.5) is 26.3 Å². The third-order valence-electron chi connectivity index (χ3n) is 8.49. The number of allylic oxidation sites excluding steroid dienone is 1. The molecule has 1 aliphatic carbocycles. The van der Waals surface area contributed by atoms with Crippen LogP contribution in [0.3, 0.4) is 0 Å². The summed E-state index contributed by atoms with van der Waals surface area (Å²) < 4.78 is 106. The van der Waals surface area contributed by atoms with E-state index in [0.717, 1.165) is 37.5 Å². The summed E-state index contributed by atoms with van der Waals surface area (Å²) in [6, 6.07) is 12.4. The number of benzene rings is 2. The summed E-state index contributed by atoms with van der Waals surface area (Å²) in [5.41, 5.74) is -8.72. The second kappa shape index (κ2) is 13.6. The first-order chi connectivity index (χ1) is 21.3. The molecule has 0 bridgehead atoms. The van der Waals surface area contributed by atoms with Gasteiger partial charge in [-0.2, -0.15) is 26.3 Å². The van der Waals surface area contributed by atoms with E-state index in [-0.39, 0.29) is 12.8 Å². The molecule has 3 rings (SSSR count). The Bertz CT molecular complexity index is 1420. The van der Waals surface area contributed by atoms with E-state index < -0.39 is 75.9 Å². The number of halogens is 6. The van der Waals surface area contributed by atoms with Gasteiger partial charge in [-0.15, -0.1) is 0 Å². The standard InChI is InChI=1S/C33H36F6O7/c1-20-19-25(40)26(46-28(42)31(44-6,33(37,38)39)23-15-11-8-12-16-23)29(3,4)24(20)18-17-21(2)45-27(41)30(43-5,32(34,35)36)22-13-9-7-10-14-22/h7-16,19,21,24,26H,17-18H2,1-6H3/t21-,24+,26+,30+,31+/m1/s1. The van der Waals surface area contributed by atoms with Gasteiger partial charge in [-0.1, -0.05) is 80.1 Å². The first-order valence-electron chi connectivity index (χ1n) is 14.3. The number of alkyl halides is 6. The highest BCUT2D eigenvalue weighted by molar-refractivity contribution is 5.98. The van der Waals surface area contributed by atoms with E-state index in [9.17, 15) is 40.7 Å². The Hall–Kier alpha value is -3.71. The normalized spacial score (nSPS) is 21.7. The van der Waals surface area contributed by atoms with Gasteiger partial charge in [0.05, 0.1) is 6.10 Å². The van der Waals surface area contributed by atoms with E-state index in [1.807, 2.05) is 0 Å². The van der Waals surface area contributed by atoms with Crippen molar-refractivity contribution in [3.05, 3.63) is 83.4 Å². The molecule has 0 unspecified atom stereocenters. The molecule has 0 heterocycles. The zero-order valence-electron chi connectivity index (χ0n) is 26.1. The SMILES string of the molecule is CO[C@](C(=O)O[C@H](C)CC[C@H]1C(C)=CC(=O)[C@H](OC(=O)[C@@](OC)(c2ccccc2)C(F)(F)F)C1(C)C)(c1ccccc1)C(F)(F)F. The predicted molar refractivity (Wildman–Crippen MR) is 153 cm³/mol. The number of hydrogen-bond acceptors (Lipinski definition) is 7. The number of ketones is 1. The minimum atomic E-state index is -5.26. The zero-order chi connectivity index (χ0) is 34.7. The van der Waals surface area contributed by atoms with Gasteiger partial charge in [0.2, 0.25) is 0 Å². The van der Waals surface area contributed by atoms with Crippen LogP contribution in [0.5, 0.6) is 0 Å². The smallest absolute Gasteiger partial charge is 0.432 e. The van der Waals surface area contributed by atoms with E-state index >= 15 is 0 Å². The molecule has 46 heavy (non-hydrogen) atoms. The Kier molecular flexibility index (Phi) is 10.8. The fourth-order valence-corrected chi connectivity index (χ4v) is 6.04. The van der Waals surface area contributed by atoms with Crippen molar-refractivity contribution in [1.82, 2.24) is 0 Å². The fraction of sp³-hybridized carbons (Fsp3) is 0.485. The van der Waals surface area contributed by atoms with E-state index in [2.05, 4.69) is 0 Å². The van der Waals surface area contributed by atoms with Gasteiger partial charge >= 0.3 is 24.3 Å². The van der Waals surface area contributed by atoms with E-state index in [4.69, 9.17) is 18.9 Å². The lowest BCUT2D eigenvalue weighted by Gasteiger charge is -2.44. The summed E-state index contributed by atoms with van der Waals surface area (Å²) in [5, 5.41) is 0. The van der Waals surface area contributed by atoms with E-state index in [1.165, 1.54) is 57.2 Å². The molecule has 0 N–H and O–H groups in total. The van der Waals surface area contributed by atoms with Crippen molar-refractivity contribution in [1.29, 1.82) is 0 Å². The van der Waals surface area contributed by atoms with Crippen molar-refractivity contribution in [2.45, 2.75) is 76.3 Å². The van der Waals surface area contributed by atoms with Crippen LogP contribution in [0.15, 0.2) is 72.3 Å². The molecule has 0 amide bonds. The summed E-state index contributed by atoms with van der Waals surface area (Å²) in [6.07, 6.45) is -11.9. The summed E-state index contributed by atoms with van der Waals surface area (Å²) in [5.74, 6) is -4.88. The molecule has 13 heteroatoms. The zero-order valence-corrected chi connectivity index (χ0v) is 26.1. The second-order valence-electron chi connectivity index (χ2n) is 11.7. The second-order valence-corrected chi connectivity index (χ2v) is 11.7. The molecule has 2 aromatic rings. The third-order valence-corrected chi connectivity index (χ3v) is 8.49. The van der Waals surface area contributed by atoms with Gasteiger partial charge in [0.15, 0.2) is 11.9 Å². The van der Waals surface area contributed by atoms with Gasteiger partial charge in [0.1, 0.15) is 0 Å². The van der Waals surface area contributed by atoms with Crippen molar-refractivity contribution in [2.24, 2.45) is 11.3 Å². The molecule has 1 aliphatic rings. The Morgan fingerprint density at radius 2 is 1.24 bits per heavy atom. The van der Waals surface area contributed by atoms with Crippen molar-refractivity contribution >= 4 is 17.7 Å². The minimum absolute atomic E-state index is 0.0130. The molecule has 0 radical (unpaired) electrons. The maximum Gasteiger partial charge on any atom is 0.432 e.